The Morgan fingerprint density at radius 3 is 2.29 bits per heavy atom. The van der Waals surface area contributed by atoms with Crippen LogP contribution < -0.4 is 4.74 Å². The summed E-state index contributed by atoms with van der Waals surface area (Å²) in [6, 6.07) is 16.9. The molecule has 5 heteroatoms. The SMILES string of the molecule is CC(C)(C)OC(=O)N1CCC[C@@H]1COc1ccc(Cc2ccc(I)cc2)cc1. The van der Waals surface area contributed by atoms with Gasteiger partial charge in [-0.15, -0.1) is 0 Å². The van der Waals surface area contributed by atoms with Crippen LogP contribution in [0.1, 0.15) is 44.7 Å². The van der Waals surface area contributed by atoms with Crippen LogP contribution in [0.25, 0.3) is 0 Å². The fourth-order valence-electron chi connectivity index (χ4n) is 3.30. The fraction of sp³-hybridized carbons (Fsp3) is 0.435. The monoisotopic (exact) mass is 493 g/mol. The Morgan fingerprint density at radius 1 is 1.07 bits per heavy atom. The van der Waals surface area contributed by atoms with Gasteiger partial charge in [-0.2, -0.15) is 0 Å². The maximum absolute atomic E-state index is 12.4. The highest BCUT2D eigenvalue weighted by atomic mass is 127. The molecule has 0 aliphatic carbocycles. The largest absolute Gasteiger partial charge is 0.491 e. The maximum Gasteiger partial charge on any atom is 0.410 e. The molecule has 150 valence electrons. The zero-order valence-electron chi connectivity index (χ0n) is 16.8. The highest BCUT2D eigenvalue weighted by Gasteiger charge is 2.32. The Morgan fingerprint density at radius 2 is 1.68 bits per heavy atom. The van der Waals surface area contributed by atoms with Gasteiger partial charge in [-0.25, -0.2) is 4.79 Å². The van der Waals surface area contributed by atoms with Crippen LogP contribution in [0.2, 0.25) is 0 Å². The standard InChI is InChI=1S/C23H28INO3/c1-23(2,3)28-22(26)25-14-4-5-20(25)16-27-21-12-8-18(9-13-21)15-17-6-10-19(24)11-7-17/h6-13,20H,4-5,14-16H2,1-3H3/t20-/m1/s1. The summed E-state index contributed by atoms with van der Waals surface area (Å²) in [5, 5.41) is 0. The summed E-state index contributed by atoms with van der Waals surface area (Å²) in [4.78, 5) is 14.2. The van der Waals surface area contributed by atoms with Gasteiger partial charge < -0.3 is 14.4 Å². The van der Waals surface area contributed by atoms with Gasteiger partial charge in [0.2, 0.25) is 0 Å². The van der Waals surface area contributed by atoms with Crippen molar-refractivity contribution in [2.75, 3.05) is 13.2 Å². The molecule has 1 fully saturated rings. The van der Waals surface area contributed by atoms with E-state index in [0.29, 0.717) is 6.61 Å². The second kappa shape index (κ2) is 9.16. The van der Waals surface area contributed by atoms with Crippen molar-refractivity contribution in [3.8, 4) is 5.75 Å². The van der Waals surface area contributed by atoms with Gasteiger partial charge in [0.25, 0.3) is 0 Å². The smallest absolute Gasteiger partial charge is 0.410 e. The van der Waals surface area contributed by atoms with Gasteiger partial charge in [0.05, 0.1) is 6.04 Å². The summed E-state index contributed by atoms with van der Waals surface area (Å²) < 4.78 is 12.7. The molecule has 0 radical (unpaired) electrons. The Labute approximate surface area is 181 Å². The average molecular weight is 493 g/mol. The van der Waals surface area contributed by atoms with Gasteiger partial charge in [0, 0.05) is 10.1 Å². The zero-order chi connectivity index (χ0) is 20.1. The molecule has 1 saturated heterocycles. The van der Waals surface area contributed by atoms with Crippen LogP contribution in [0.4, 0.5) is 4.79 Å². The molecule has 0 N–H and O–H groups in total. The molecule has 2 aromatic rings. The summed E-state index contributed by atoms with van der Waals surface area (Å²) in [7, 11) is 0. The molecule has 0 saturated carbocycles. The van der Waals surface area contributed by atoms with Gasteiger partial charge in [-0.3, -0.25) is 0 Å². The molecule has 1 aliphatic heterocycles. The van der Waals surface area contributed by atoms with Gasteiger partial charge in [-0.1, -0.05) is 24.3 Å². The third kappa shape index (κ3) is 6.12. The molecule has 2 aromatic carbocycles. The lowest BCUT2D eigenvalue weighted by atomic mass is 10.1. The van der Waals surface area contributed by atoms with E-state index in [2.05, 4.69) is 59.0 Å². The van der Waals surface area contributed by atoms with Gasteiger partial charge >= 0.3 is 6.09 Å². The Balaban J connectivity index is 1.52. The zero-order valence-corrected chi connectivity index (χ0v) is 18.9. The highest BCUT2D eigenvalue weighted by molar-refractivity contribution is 14.1. The number of amides is 1. The van der Waals surface area contributed by atoms with E-state index in [1.807, 2.05) is 32.9 Å². The van der Waals surface area contributed by atoms with E-state index >= 15 is 0 Å². The minimum absolute atomic E-state index is 0.0707. The minimum atomic E-state index is -0.474. The summed E-state index contributed by atoms with van der Waals surface area (Å²) in [5.41, 5.74) is 2.08. The number of rotatable bonds is 5. The summed E-state index contributed by atoms with van der Waals surface area (Å²) in [5.74, 6) is 0.836. The van der Waals surface area contributed by atoms with Crippen LogP contribution in [0.15, 0.2) is 48.5 Å². The predicted octanol–water partition coefficient (Wildman–Crippen LogP) is 5.66. The van der Waals surface area contributed by atoms with E-state index in [0.717, 1.165) is 31.6 Å². The lowest BCUT2D eigenvalue weighted by molar-refractivity contribution is 0.0187. The van der Waals surface area contributed by atoms with Crippen molar-refractivity contribution >= 4 is 28.7 Å². The molecule has 4 nitrogen and oxygen atoms in total. The van der Waals surface area contributed by atoms with Crippen molar-refractivity contribution in [2.24, 2.45) is 0 Å². The number of benzene rings is 2. The number of hydrogen-bond acceptors (Lipinski definition) is 3. The molecule has 0 unspecified atom stereocenters. The molecule has 0 bridgehead atoms. The minimum Gasteiger partial charge on any atom is -0.491 e. The molecule has 3 rings (SSSR count). The molecule has 1 aliphatic rings. The van der Waals surface area contributed by atoms with Gasteiger partial charge in [-0.05, 0) is 98.0 Å². The van der Waals surface area contributed by atoms with E-state index in [-0.39, 0.29) is 12.1 Å². The first-order valence-electron chi connectivity index (χ1n) is 9.76. The Bertz CT molecular complexity index is 781. The van der Waals surface area contributed by atoms with Crippen molar-refractivity contribution in [1.82, 2.24) is 4.90 Å². The number of nitrogens with zero attached hydrogens (tertiary/aromatic N) is 1. The first-order chi connectivity index (χ1) is 13.3. The van der Waals surface area contributed by atoms with Crippen LogP contribution in [0.3, 0.4) is 0 Å². The molecule has 1 heterocycles. The fourth-order valence-corrected chi connectivity index (χ4v) is 3.66. The van der Waals surface area contributed by atoms with Gasteiger partial charge in [0.1, 0.15) is 18.0 Å². The number of carbonyl (C=O) groups is 1. The van der Waals surface area contributed by atoms with Crippen LogP contribution >= 0.6 is 22.6 Å². The molecule has 1 amide bonds. The van der Waals surface area contributed by atoms with E-state index in [4.69, 9.17) is 9.47 Å². The topological polar surface area (TPSA) is 38.8 Å². The van der Waals surface area contributed by atoms with Crippen LogP contribution in [0.5, 0.6) is 5.75 Å². The summed E-state index contributed by atoms with van der Waals surface area (Å²) >= 11 is 2.32. The lowest BCUT2D eigenvalue weighted by Gasteiger charge is -2.28. The van der Waals surface area contributed by atoms with E-state index < -0.39 is 5.60 Å². The highest BCUT2D eigenvalue weighted by Crippen LogP contribution is 2.23. The van der Waals surface area contributed by atoms with Crippen molar-refractivity contribution in [3.05, 3.63) is 63.2 Å². The Hall–Kier alpha value is -1.76. The van der Waals surface area contributed by atoms with Crippen molar-refractivity contribution in [1.29, 1.82) is 0 Å². The van der Waals surface area contributed by atoms with Crippen molar-refractivity contribution < 1.29 is 14.3 Å². The maximum atomic E-state index is 12.4. The summed E-state index contributed by atoms with van der Waals surface area (Å²) in [6.07, 6.45) is 2.60. The van der Waals surface area contributed by atoms with Crippen LogP contribution in [0, 0.1) is 3.57 Å². The molecular formula is C23H28INO3. The number of ether oxygens (including phenoxy) is 2. The second-order valence-electron chi connectivity index (χ2n) is 8.23. The van der Waals surface area contributed by atoms with E-state index in [1.165, 1.54) is 14.7 Å². The molecule has 1 atom stereocenters. The molecular weight excluding hydrogens is 465 g/mol. The first kappa shape index (κ1) is 21.0. The summed E-state index contributed by atoms with van der Waals surface area (Å²) in [6.45, 7) is 6.91. The number of hydrogen-bond donors (Lipinski definition) is 0. The third-order valence-electron chi connectivity index (χ3n) is 4.69. The van der Waals surface area contributed by atoms with E-state index in [1.54, 1.807) is 4.90 Å². The van der Waals surface area contributed by atoms with Crippen molar-refractivity contribution in [3.63, 3.8) is 0 Å². The molecule has 0 aromatic heterocycles. The Kier molecular flexibility index (Phi) is 6.86. The normalized spacial score (nSPS) is 16.9. The average Bonchev–Trinajstić information content (AvgIpc) is 3.10. The number of likely N-dealkylation sites (tertiary alicyclic amines) is 1. The second-order valence-corrected chi connectivity index (χ2v) is 9.47. The molecule has 0 spiro atoms. The van der Waals surface area contributed by atoms with Crippen molar-refractivity contribution in [2.45, 2.75) is 51.7 Å². The lowest BCUT2D eigenvalue weighted by Crippen LogP contribution is -2.42. The van der Waals surface area contributed by atoms with Gasteiger partial charge in [0.15, 0.2) is 0 Å². The van der Waals surface area contributed by atoms with Crippen LogP contribution in [-0.2, 0) is 11.2 Å². The van der Waals surface area contributed by atoms with Crippen LogP contribution in [-0.4, -0.2) is 35.8 Å². The van der Waals surface area contributed by atoms with E-state index in [9.17, 15) is 4.79 Å². The quantitative estimate of drug-likeness (QED) is 0.505. The third-order valence-corrected chi connectivity index (χ3v) is 5.41. The molecule has 28 heavy (non-hydrogen) atoms. The number of carbonyl (C=O) groups excluding carboxylic acids is 1. The first-order valence-corrected chi connectivity index (χ1v) is 10.8. The predicted molar refractivity (Wildman–Crippen MR) is 120 cm³/mol. The number of halogens is 1.